The number of rotatable bonds is 2. The Balaban J connectivity index is 2.64. The van der Waals surface area contributed by atoms with Crippen LogP contribution in [0.2, 0.25) is 0 Å². The molecule has 1 aromatic carbocycles. The van der Waals surface area contributed by atoms with E-state index in [2.05, 4.69) is 36.8 Å². The number of aromatic amines is 1. The zero-order valence-electron chi connectivity index (χ0n) is 7.18. The van der Waals surface area contributed by atoms with Gasteiger partial charge in [0.1, 0.15) is 0 Å². The Bertz CT molecular complexity index is 490. The fourth-order valence-electron chi connectivity index (χ4n) is 1.40. The van der Waals surface area contributed by atoms with Crippen molar-refractivity contribution < 1.29 is 4.79 Å². The van der Waals surface area contributed by atoms with Gasteiger partial charge in [0.2, 0.25) is 0 Å². The van der Waals surface area contributed by atoms with Crippen LogP contribution in [0.25, 0.3) is 10.9 Å². The van der Waals surface area contributed by atoms with Crippen LogP contribution in [0.5, 0.6) is 0 Å². The highest BCUT2D eigenvalue weighted by molar-refractivity contribution is 9.10. The lowest BCUT2D eigenvalue weighted by atomic mass is 10.1. The topological polar surface area (TPSA) is 32.9 Å². The van der Waals surface area contributed by atoms with E-state index in [1.54, 1.807) is 6.20 Å². The lowest BCUT2D eigenvalue weighted by Gasteiger charge is -1.94. The molecule has 72 valence electrons. The van der Waals surface area contributed by atoms with Crippen molar-refractivity contribution in [3.8, 4) is 0 Å². The molecule has 0 amide bonds. The average molecular weight is 317 g/mol. The van der Waals surface area contributed by atoms with Gasteiger partial charge in [0.05, 0.1) is 5.33 Å². The van der Waals surface area contributed by atoms with Gasteiger partial charge in [-0.3, -0.25) is 4.79 Å². The second-order valence-electron chi connectivity index (χ2n) is 2.95. The number of carbonyl (C=O) groups is 1. The van der Waals surface area contributed by atoms with Crippen LogP contribution in [0.3, 0.4) is 0 Å². The number of alkyl halides is 1. The molecule has 0 radical (unpaired) electrons. The summed E-state index contributed by atoms with van der Waals surface area (Å²) in [4.78, 5) is 14.6. The summed E-state index contributed by atoms with van der Waals surface area (Å²) >= 11 is 6.55. The Hall–Kier alpha value is -0.610. The molecule has 2 aromatic rings. The SMILES string of the molecule is O=C(CBr)c1c[nH]c2cc(Br)ccc12. The van der Waals surface area contributed by atoms with E-state index in [0.29, 0.717) is 5.33 Å². The molecule has 4 heteroatoms. The summed E-state index contributed by atoms with van der Waals surface area (Å²) in [6.07, 6.45) is 1.75. The number of nitrogens with one attached hydrogen (secondary N) is 1. The van der Waals surface area contributed by atoms with Crippen molar-refractivity contribution in [1.29, 1.82) is 0 Å². The summed E-state index contributed by atoms with van der Waals surface area (Å²) in [6, 6.07) is 5.83. The van der Waals surface area contributed by atoms with Crippen LogP contribution >= 0.6 is 31.9 Å². The Morgan fingerprint density at radius 1 is 1.43 bits per heavy atom. The van der Waals surface area contributed by atoms with Gasteiger partial charge in [-0.05, 0) is 12.1 Å². The minimum atomic E-state index is 0.0959. The molecule has 0 bridgehead atoms. The molecular formula is C10H7Br2NO. The van der Waals surface area contributed by atoms with Crippen LogP contribution in [0.1, 0.15) is 10.4 Å². The Morgan fingerprint density at radius 2 is 2.21 bits per heavy atom. The highest BCUT2D eigenvalue weighted by Gasteiger charge is 2.10. The summed E-state index contributed by atoms with van der Waals surface area (Å²) in [5.74, 6) is 0.0959. The van der Waals surface area contributed by atoms with Crippen LogP contribution in [0.4, 0.5) is 0 Å². The van der Waals surface area contributed by atoms with Crippen molar-refractivity contribution in [2.24, 2.45) is 0 Å². The summed E-state index contributed by atoms with van der Waals surface area (Å²) < 4.78 is 1.00. The predicted molar refractivity (Wildman–Crippen MR) is 64.1 cm³/mol. The fourth-order valence-corrected chi connectivity index (χ4v) is 2.06. The number of ketones is 1. The number of carbonyl (C=O) groups excluding carboxylic acids is 1. The highest BCUT2D eigenvalue weighted by Crippen LogP contribution is 2.22. The smallest absolute Gasteiger partial charge is 0.175 e. The fraction of sp³-hybridized carbons (Fsp3) is 0.100. The van der Waals surface area contributed by atoms with Gasteiger partial charge in [-0.1, -0.05) is 37.9 Å². The first kappa shape index (κ1) is 9.93. The Kier molecular flexibility index (Phi) is 2.74. The molecule has 2 rings (SSSR count). The lowest BCUT2D eigenvalue weighted by molar-refractivity contribution is 0.102. The molecule has 0 saturated heterocycles. The summed E-state index contributed by atoms with van der Waals surface area (Å²) in [5.41, 5.74) is 1.72. The highest BCUT2D eigenvalue weighted by atomic mass is 79.9. The van der Waals surface area contributed by atoms with Crippen LogP contribution in [0, 0.1) is 0 Å². The summed E-state index contributed by atoms with van der Waals surface area (Å²) in [5, 5.41) is 1.33. The molecule has 14 heavy (non-hydrogen) atoms. The maximum Gasteiger partial charge on any atom is 0.175 e. The molecule has 0 aliphatic heterocycles. The minimum absolute atomic E-state index is 0.0959. The zero-order valence-corrected chi connectivity index (χ0v) is 10.4. The molecule has 0 fully saturated rings. The van der Waals surface area contributed by atoms with Crippen molar-refractivity contribution in [1.82, 2.24) is 4.98 Å². The molecule has 2 nitrogen and oxygen atoms in total. The normalized spacial score (nSPS) is 10.7. The quantitative estimate of drug-likeness (QED) is 0.667. The molecule has 0 aliphatic carbocycles. The number of hydrogen-bond acceptors (Lipinski definition) is 1. The Morgan fingerprint density at radius 3 is 2.93 bits per heavy atom. The van der Waals surface area contributed by atoms with Crippen molar-refractivity contribution in [3.63, 3.8) is 0 Å². The van der Waals surface area contributed by atoms with Gasteiger partial charge >= 0.3 is 0 Å². The lowest BCUT2D eigenvalue weighted by Crippen LogP contribution is -1.97. The molecule has 0 spiro atoms. The first-order valence-electron chi connectivity index (χ1n) is 4.08. The number of Topliss-reactive ketones (excluding diaryl/α,β-unsaturated/α-hetero) is 1. The van der Waals surface area contributed by atoms with E-state index < -0.39 is 0 Å². The van der Waals surface area contributed by atoms with Crippen LogP contribution in [-0.2, 0) is 0 Å². The van der Waals surface area contributed by atoms with Gasteiger partial charge in [-0.25, -0.2) is 0 Å². The number of halogens is 2. The molecule has 0 atom stereocenters. The standard InChI is InChI=1S/C10H7Br2NO/c11-4-10(14)8-5-13-9-3-6(12)1-2-7(8)9/h1-3,5,13H,4H2. The van der Waals surface area contributed by atoms with E-state index in [1.807, 2.05) is 18.2 Å². The van der Waals surface area contributed by atoms with E-state index in [1.165, 1.54) is 0 Å². The van der Waals surface area contributed by atoms with E-state index in [-0.39, 0.29) is 5.78 Å². The number of benzene rings is 1. The van der Waals surface area contributed by atoms with Gasteiger partial charge in [-0.2, -0.15) is 0 Å². The van der Waals surface area contributed by atoms with E-state index in [9.17, 15) is 4.79 Å². The third-order valence-corrected chi connectivity index (χ3v) is 3.07. The number of H-pyrrole nitrogens is 1. The third-order valence-electron chi connectivity index (χ3n) is 2.07. The van der Waals surface area contributed by atoms with Crippen molar-refractivity contribution in [3.05, 3.63) is 34.4 Å². The van der Waals surface area contributed by atoms with Gasteiger partial charge in [-0.15, -0.1) is 0 Å². The molecule has 1 aromatic heterocycles. The van der Waals surface area contributed by atoms with Crippen LogP contribution < -0.4 is 0 Å². The monoisotopic (exact) mass is 315 g/mol. The van der Waals surface area contributed by atoms with Crippen molar-refractivity contribution >= 4 is 48.5 Å². The summed E-state index contributed by atoms with van der Waals surface area (Å²) in [6.45, 7) is 0. The van der Waals surface area contributed by atoms with Gasteiger partial charge < -0.3 is 4.98 Å². The largest absolute Gasteiger partial charge is 0.360 e. The van der Waals surface area contributed by atoms with Gasteiger partial charge in [0.25, 0.3) is 0 Å². The first-order valence-corrected chi connectivity index (χ1v) is 5.99. The maximum atomic E-state index is 11.5. The summed E-state index contributed by atoms with van der Waals surface area (Å²) in [7, 11) is 0. The van der Waals surface area contributed by atoms with Gasteiger partial charge in [0, 0.05) is 27.1 Å². The van der Waals surface area contributed by atoms with Crippen LogP contribution in [-0.4, -0.2) is 16.1 Å². The molecular weight excluding hydrogens is 310 g/mol. The van der Waals surface area contributed by atoms with Crippen LogP contribution in [0.15, 0.2) is 28.9 Å². The minimum Gasteiger partial charge on any atom is -0.360 e. The zero-order chi connectivity index (χ0) is 10.1. The van der Waals surface area contributed by atoms with Gasteiger partial charge in [0.15, 0.2) is 5.78 Å². The van der Waals surface area contributed by atoms with Crippen molar-refractivity contribution in [2.75, 3.05) is 5.33 Å². The maximum absolute atomic E-state index is 11.5. The number of fused-ring (bicyclic) bond motifs is 1. The third kappa shape index (κ3) is 1.64. The Labute approximate surface area is 97.9 Å². The molecule has 1 heterocycles. The van der Waals surface area contributed by atoms with Crippen molar-refractivity contribution in [2.45, 2.75) is 0 Å². The number of hydrogen-bond donors (Lipinski definition) is 1. The first-order chi connectivity index (χ1) is 6.72. The molecule has 0 unspecified atom stereocenters. The molecule has 0 saturated carbocycles. The van der Waals surface area contributed by atoms with E-state index >= 15 is 0 Å². The molecule has 1 N–H and O–H groups in total. The number of aromatic nitrogens is 1. The predicted octanol–water partition coefficient (Wildman–Crippen LogP) is 3.51. The second-order valence-corrected chi connectivity index (χ2v) is 4.43. The average Bonchev–Trinajstić information content (AvgIpc) is 2.59. The molecule has 0 aliphatic rings. The van der Waals surface area contributed by atoms with E-state index in [4.69, 9.17) is 0 Å². The second kappa shape index (κ2) is 3.87. The van der Waals surface area contributed by atoms with E-state index in [0.717, 1.165) is 20.9 Å².